The van der Waals surface area contributed by atoms with Gasteiger partial charge in [-0.15, -0.1) is 0 Å². The standard InChI is InChI=1S/C21H16N2O3S/c1-12(24)18-19(14-8-9-17(26-2)16(25)10-14)15(11-22)21(27)23-20(18)13-6-4-3-5-7-13/h3-10,25H,1-2H3,(H,23,27). The van der Waals surface area contributed by atoms with Crippen LogP contribution in [0.5, 0.6) is 11.5 Å². The molecule has 27 heavy (non-hydrogen) atoms. The van der Waals surface area contributed by atoms with Crippen molar-refractivity contribution >= 4 is 18.0 Å². The number of nitriles is 1. The number of hydrogen-bond acceptors (Lipinski definition) is 5. The molecule has 0 saturated heterocycles. The number of ether oxygens (including phenoxy) is 1. The molecule has 0 radical (unpaired) electrons. The van der Waals surface area contributed by atoms with Gasteiger partial charge in [0, 0.05) is 5.56 Å². The lowest BCUT2D eigenvalue weighted by Gasteiger charge is -2.16. The first-order valence-electron chi connectivity index (χ1n) is 8.12. The molecule has 0 saturated carbocycles. The third-order valence-corrected chi connectivity index (χ3v) is 4.52. The number of aromatic hydroxyl groups is 1. The molecule has 3 rings (SSSR count). The number of nitrogens with zero attached hydrogens (tertiary/aromatic N) is 1. The van der Waals surface area contributed by atoms with Crippen molar-refractivity contribution in [1.82, 2.24) is 4.98 Å². The van der Waals surface area contributed by atoms with E-state index in [0.717, 1.165) is 5.56 Å². The molecule has 5 nitrogen and oxygen atoms in total. The Balaban J connectivity index is 2.44. The van der Waals surface area contributed by atoms with Crippen LogP contribution in [-0.4, -0.2) is 23.0 Å². The predicted octanol–water partition coefficient (Wildman–Crippen LogP) is 4.87. The van der Waals surface area contributed by atoms with Gasteiger partial charge in [-0.25, -0.2) is 0 Å². The lowest BCUT2D eigenvalue weighted by atomic mass is 9.90. The first kappa shape index (κ1) is 18.4. The number of aromatic amines is 1. The molecule has 0 spiro atoms. The van der Waals surface area contributed by atoms with E-state index in [2.05, 4.69) is 11.1 Å². The second-order valence-electron chi connectivity index (χ2n) is 5.87. The molecular formula is C21H16N2O3S. The van der Waals surface area contributed by atoms with Crippen molar-refractivity contribution in [3.05, 3.63) is 64.3 Å². The van der Waals surface area contributed by atoms with E-state index in [0.29, 0.717) is 28.1 Å². The molecule has 0 aliphatic rings. The number of methoxy groups -OCH3 is 1. The van der Waals surface area contributed by atoms with Crippen molar-refractivity contribution in [2.24, 2.45) is 0 Å². The number of benzene rings is 2. The summed E-state index contributed by atoms with van der Waals surface area (Å²) < 4.78 is 5.31. The molecule has 6 heteroatoms. The van der Waals surface area contributed by atoms with Gasteiger partial charge in [0.25, 0.3) is 0 Å². The molecule has 0 atom stereocenters. The average molecular weight is 376 g/mol. The Bertz CT molecular complexity index is 1130. The van der Waals surface area contributed by atoms with E-state index < -0.39 is 0 Å². The summed E-state index contributed by atoms with van der Waals surface area (Å²) in [6.45, 7) is 1.44. The number of carbonyl (C=O) groups is 1. The highest BCUT2D eigenvalue weighted by molar-refractivity contribution is 7.71. The normalized spacial score (nSPS) is 10.3. The lowest BCUT2D eigenvalue weighted by molar-refractivity contribution is 0.101. The van der Waals surface area contributed by atoms with Crippen molar-refractivity contribution in [2.45, 2.75) is 6.92 Å². The summed E-state index contributed by atoms with van der Waals surface area (Å²) in [6, 6.07) is 16.1. The Morgan fingerprint density at radius 2 is 1.89 bits per heavy atom. The minimum Gasteiger partial charge on any atom is -0.504 e. The molecule has 134 valence electrons. The van der Waals surface area contributed by atoms with Gasteiger partial charge in [0.2, 0.25) is 0 Å². The molecule has 2 aromatic carbocycles. The molecular weight excluding hydrogens is 360 g/mol. The Labute approximate surface area is 161 Å². The highest BCUT2D eigenvalue weighted by atomic mass is 32.1. The molecule has 0 bridgehead atoms. The average Bonchev–Trinajstić information content (AvgIpc) is 2.67. The zero-order chi connectivity index (χ0) is 19.6. The molecule has 0 fully saturated rings. The number of pyridine rings is 1. The van der Waals surface area contributed by atoms with Crippen molar-refractivity contribution in [1.29, 1.82) is 5.26 Å². The molecule has 1 heterocycles. The molecule has 1 aromatic heterocycles. The summed E-state index contributed by atoms with van der Waals surface area (Å²) in [5.74, 6) is -0.0127. The quantitative estimate of drug-likeness (QED) is 0.501. The van der Waals surface area contributed by atoms with Crippen LogP contribution in [0.2, 0.25) is 0 Å². The number of hydrogen-bond donors (Lipinski definition) is 2. The molecule has 0 amide bonds. The zero-order valence-electron chi connectivity index (χ0n) is 14.7. The van der Waals surface area contributed by atoms with E-state index >= 15 is 0 Å². The summed E-state index contributed by atoms with van der Waals surface area (Å²) in [5.41, 5.74) is 2.74. The summed E-state index contributed by atoms with van der Waals surface area (Å²) in [7, 11) is 1.45. The van der Waals surface area contributed by atoms with Gasteiger partial charge in [-0.05, 0) is 30.2 Å². The van der Waals surface area contributed by atoms with Gasteiger partial charge in [0.15, 0.2) is 17.3 Å². The minimum atomic E-state index is -0.220. The predicted molar refractivity (Wildman–Crippen MR) is 105 cm³/mol. The van der Waals surface area contributed by atoms with E-state index in [-0.39, 0.29) is 21.7 Å². The van der Waals surface area contributed by atoms with Crippen LogP contribution in [0.3, 0.4) is 0 Å². The monoisotopic (exact) mass is 376 g/mol. The van der Waals surface area contributed by atoms with E-state index in [9.17, 15) is 15.2 Å². The van der Waals surface area contributed by atoms with Crippen molar-refractivity contribution < 1.29 is 14.6 Å². The van der Waals surface area contributed by atoms with Gasteiger partial charge in [-0.2, -0.15) is 5.26 Å². The van der Waals surface area contributed by atoms with Gasteiger partial charge < -0.3 is 14.8 Å². The zero-order valence-corrected chi connectivity index (χ0v) is 15.6. The third kappa shape index (κ3) is 3.33. The highest BCUT2D eigenvalue weighted by Crippen LogP contribution is 2.38. The summed E-state index contributed by atoms with van der Waals surface area (Å²) in [5, 5.41) is 19.8. The van der Waals surface area contributed by atoms with E-state index in [1.807, 2.05) is 30.3 Å². The maximum Gasteiger partial charge on any atom is 0.162 e. The third-order valence-electron chi connectivity index (χ3n) is 4.21. The number of phenolic OH excluding ortho intramolecular Hbond substituents is 1. The number of nitrogens with one attached hydrogen (secondary N) is 1. The number of H-pyrrole nitrogens is 1. The fourth-order valence-electron chi connectivity index (χ4n) is 3.02. The maximum absolute atomic E-state index is 12.6. The Morgan fingerprint density at radius 3 is 2.44 bits per heavy atom. The number of carbonyl (C=O) groups excluding carboxylic acids is 1. The number of aromatic nitrogens is 1. The van der Waals surface area contributed by atoms with Crippen molar-refractivity contribution in [3.8, 4) is 40.0 Å². The fourth-order valence-corrected chi connectivity index (χ4v) is 3.27. The summed E-state index contributed by atoms with van der Waals surface area (Å²) in [6.07, 6.45) is 0. The first-order valence-corrected chi connectivity index (χ1v) is 8.52. The second kappa shape index (κ2) is 7.44. The fraction of sp³-hybridized carbons (Fsp3) is 0.0952. The second-order valence-corrected chi connectivity index (χ2v) is 6.28. The van der Waals surface area contributed by atoms with Gasteiger partial charge in [-0.1, -0.05) is 48.6 Å². The Morgan fingerprint density at radius 1 is 1.19 bits per heavy atom. The van der Waals surface area contributed by atoms with Crippen LogP contribution in [0.15, 0.2) is 48.5 Å². The van der Waals surface area contributed by atoms with E-state index in [1.54, 1.807) is 12.1 Å². The van der Waals surface area contributed by atoms with Crippen LogP contribution in [-0.2, 0) is 0 Å². The minimum absolute atomic E-state index is 0.0894. The molecule has 3 aromatic rings. The molecule has 0 aliphatic heterocycles. The highest BCUT2D eigenvalue weighted by Gasteiger charge is 2.22. The van der Waals surface area contributed by atoms with Crippen molar-refractivity contribution in [2.75, 3.05) is 7.11 Å². The largest absolute Gasteiger partial charge is 0.504 e. The molecule has 0 unspecified atom stereocenters. The van der Waals surface area contributed by atoms with Gasteiger partial charge >= 0.3 is 0 Å². The van der Waals surface area contributed by atoms with Crippen LogP contribution in [0.4, 0.5) is 0 Å². The van der Waals surface area contributed by atoms with Crippen LogP contribution in [0.25, 0.3) is 22.4 Å². The summed E-state index contributed by atoms with van der Waals surface area (Å²) in [4.78, 5) is 15.6. The summed E-state index contributed by atoms with van der Waals surface area (Å²) >= 11 is 5.38. The van der Waals surface area contributed by atoms with Crippen molar-refractivity contribution in [3.63, 3.8) is 0 Å². The van der Waals surface area contributed by atoms with Crippen LogP contribution in [0.1, 0.15) is 22.8 Å². The smallest absolute Gasteiger partial charge is 0.162 e. The number of phenols is 1. The van der Waals surface area contributed by atoms with E-state index in [4.69, 9.17) is 17.0 Å². The van der Waals surface area contributed by atoms with Gasteiger partial charge in [0.1, 0.15) is 10.7 Å². The van der Waals surface area contributed by atoms with Gasteiger partial charge in [-0.3, -0.25) is 4.79 Å². The molecule has 2 N–H and O–H groups in total. The van der Waals surface area contributed by atoms with Gasteiger partial charge in [0.05, 0.1) is 23.9 Å². The Hall–Kier alpha value is -3.43. The maximum atomic E-state index is 12.6. The number of Topliss-reactive ketones (excluding diaryl/α,β-unsaturated/α-hetero) is 1. The van der Waals surface area contributed by atoms with E-state index in [1.165, 1.54) is 20.1 Å². The number of rotatable bonds is 4. The SMILES string of the molecule is COc1ccc(-c2c(C(C)=O)c(-c3ccccc3)[nH]c(=S)c2C#N)cc1O. The lowest BCUT2D eigenvalue weighted by Crippen LogP contribution is -2.06. The van der Waals surface area contributed by atoms with Crippen LogP contribution >= 0.6 is 12.2 Å². The first-order chi connectivity index (χ1) is 13.0. The molecule has 0 aliphatic carbocycles. The topological polar surface area (TPSA) is 86.1 Å². The number of ketones is 1. The van der Waals surface area contributed by atoms with Crippen LogP contribution < -0.4 is 4.74 Å². The Kier molecular flexibility index (Phi) is 5.06. The van der Waals surface area contributed by atoms with Crippen LogP contribution in [0, 0.1) is 16.0 Å².